The fourth-order valence-electron chi connectivity index (χ4n) is 3.57. The van der Waals surface area contributed by atoms with Crippen molar-refractivity contribution in [2.24, 2.45) is 0 Å². The van der Waals surface area contributed by atoms with Crippen LogP contribution in [0.15, 0.2) is 42.5 Å². The maximum atomic E-state index is 12.2. The summed E-state index contributed by atoms with van der Waals surface area (Å²) in [6.07, 6.45) is -0.291. The monoisotopic (exact) mass is 391 g/mol. The second kappa shape index (κ2) is 4.22. The maximum Gasteiger partial charge on any atom is 0.226 e. The number of para-hydroxylation sites is 1. The third-order valence-corrected chi connectivity index (χ3v) is 5.20. The van der Waals surface area contributed by atoms with Gasteiger partial charge in [0.2, 0.25) is 5.91 Å². The van der Waals surface area contributed by atoms with Crippen LogP contribution in [-0.2, 0) is 10.2 Å². The zero-order valence-corrected chi connectivity index (χ0v) is 13.9. The van der Waals surface area contributed by atoms with Crippen LogP contribution in [-0.4, -0.2) is 12.1 Å². The molecule has 0 bridgehead atoms. The van der Waals surface area contributed by atoms with Crippen molar-refractivity contribution in [1.29, 1.82) is 0 Å². The Bertz CT molecular complexity index is 773. The lowest BCUT2D eigenvalue weighted by molar-refractivity contribution is -0.118. The van der Waals surface area contributed by atoms with Crippen molar-refractivity contribution in [3.05, 3.63) is 57.2 Å². The highest BCUT2D eigenvalue weighted by molar-refractivity contribution is 14.1. The SMILES string of the molecule is CC(=O)N1c2ccccc2[C@@]2(C)c3ccc(I)cc3O[C@@H]12. The molecule has 4 rings (SSSR count). The van der Waals surface area contributed by atoms with Gasteiger partial charge >= 0.3 is 0 Å². The molecular weight excluding hydrogens is 377 g/mol. The highest BCUT2D eigenvalue weighted by atomic mass is 127. The smallest absolute Gasteiger partial charge is 0.226 e. The largest absolute Gasteiger partial charge is 0.468 e. The van der Waals surface area contributed by atoms with Crippen LogP contribution in [0.5, 0.6) is 5.75 Å². The van der Waals surface area contributed by atoms with E-state index in [2.05, 4.69) is 47.7 Å². The zero-order valence-electron chi connectivity index (χ0n) is 11.8. The van der Waals surface area contributed by atoms with Gasteiger partial charge in [-0.15, -0.1) is 0 Å². The summed E-state index contributed by atoms with van der Waals surface area (Å²) in [4.78, 5) is 13.9. The molecule has 2 aromatic carbocycles. The molecule has 0 aromatic heterocycles. The topological polar surface area (TPSA) is 29.5 Å². The molecule has 0 N–H and O–H groups in total. The predicted molar refractivity (Wildman–Crippen MR) is 89.6 cm³/mol. The summed E-state index contributed by atoms with van der Waals surface area (Å²) in [6, 6.07) is 14.3. The number of halogens is 1. The van der Waals surface area contributed by atoms with Gasteiger partial charge < -0.3 is 4.74 Å². The molecule has 0 saturated heterocycles. The van der Waals surface area contributed by atoms with Gasteiger partial charge in [0, 0.05) is 16.1 Å². The Balaban J connectivity index is 2.01. The first kappa shape index (κ1) is 13.1. The number of ether oxygens (including phenoxy) is 1. The summed E-state index contributed by atoms with van der Waals surface area (Å²) in [5.41, 5.74) is 2.97. The molecule has 2 atom stereocenters. The normalized spacial score (nSPS) is 25.1. The molecule has 21 heavy (non-hydrogen) atoms. The van der Waals surface area contributed by atoms with Gasteiger partial charge in [0.05, 0.1) is 11.1 Å². The third-order valence-electron chi connectivity index (χ3n) is 4.53. The Morgan fingerprint density at radius 1 is 1.24 bits per heavy atom. The molecule has 1 amide bonds. The van der Waals surface area contributed by atoms with Crippen molar-refractivity contribution in [2.45, 2.75) is 25.5 Å². The molecule has 106 valence electrons. The van der Waals surface area contributed by atoms with E-state index >= 15 is 0 Å². The van der Waals surface area contributed by atoms with Crippen LogP contribution in [0.3, 0.4) is 0 Å². The van der Waals surface area contributed by atoms with E-state index in [4.69, 9.17) is 4.74 Å². The van der Waals surface area contributed by atoms with Crippen LogP contribution in [0.1, 0.15) is 25.0 Å². The fourth-order valence-corrected chi connectivity index (χ4v) is 4.03. The molecule has 0 aliphatic carbocycles. The van der Waals surface area contributed by atoms with Gasteiger partial charge in [-0.05, 0) is 53.3 Å². The molecule has 2 heterocycles. The zero-order chi connectivity index (χ0) is 14.8. The molecule has 2 aromatic rings. The van der Waals surface area contributed by atoms with Gasteiger partial charge in [0.1, 0.15) is 5.75 Å². The number of amides is 1. The van der Waals surface area contributed by atoms with Crippen LogP contribution < -0.4 is 9.64 Å². The minimum Gasteiger partial charge on any atom is -0.468 e. The Morgan fingerprint density at radius 2 is 2.00 bits per heavy atom. The van der Waals surface area contributed by atoms with E-state index in [-0.39, 0.29) is 17.6 Å². The molecule has 0 unspecified atom stereocenters. The number of carbonyl (C=O) groups is 1. The Kier molecular flexibility index (Phi) is 2.64. The van der Waals surface area contributed by atoms with E-state index in [9.17, 15) is 4.79 Å². The summed E-state index contributed by atoms with van der Waals surface area (Å²) in [7, 11) is 0. The highest BCUT2D eigenvalue weighted by Crippen LogP contribution is 2.56. The lowest BCUT2D eigenvalue weighted by atomic mass is 9.78. The van der Waals surface area contributed by atoms with Crippen LogP contribution in [0.25, 0.3) is 0 Å². The average molecular weight is 391 g/mol. The molecule has 3 nitrogen and oxygen atoms in total. The van der Waals surface area contributed by atoms with Gasteiger partial charge in [0.25, 0.3) is 0 Å². The summed E-state index contributed by atoms with van der Waals surface area (Å²) in [6.45, 7) is 3.76. The standard InChI is InChI=1S/C17H14INO2/c1-10(20)19-14-6-4-3-5-12(14)17(2)13-8-7-11(18)9-15(13)21-16(17)19/h3-9,16H,1-2H3/t16-,17+/m1/s1. The molecule has 2 aliphatic heterocycles. The third kappa shape index (κ3) is 1.56. The van der Waals surface area contributed by atoms with Gasteiger partial charge in [-0.1, -0.05) is 24.3 Å². The van der Waals surface area contributed by atoms with Gasteiger partial charge in [-0.3, -0.25) is 9.69 Å². The first-order valence-electron chi connectivity index (χ1n) is 6.89. The average Bonchev–Trinajstić information content (AvgIpc) is 2.86. The molecule has 0 spiro atoms. The number of benzene rings is 2. The highest BCUT2D eigenvalue weighted by Gasteiger charge is 2.56. The maximum absolute atomic E-state index is 12.2. The number of hydrogen-bond donors (Lipinski definition) is 0. The van der Waals surface area contributed by atoms with Gasteiger partial charge in [-0.25, -0.2) is 0 Å². The van der Waals surface area contributed by atoms with Crippen molar-refractivity contribution < 1.29 is 9.53 Å². The Hall–Kier alpha value is -1.56. The van der Waals surface area contributed by atoms with E-state index in [1.165, 1.54) is 0 Å². The van der Waals surface area contributed by atoms with E-state index in [0.29, 0.717) is 0 Å². The molecule has 0 fully saturated rings. The molecule has 2 aliphatic rings. The minimum absolute atomic E-state index is 0.0127. The van der Waals surface area contributed by atoms with Crippen molar-refractivity contribution in [3.8, 4) is 5.75 Å². The summed E-state index contributed by atoms with van der Waals surface area (Å²) < 4.78 is 7.31. The van der Waals surface area contributed by atoms with Crippen LogP contribution in [0.4, 0.5) is 5.69 Å². The van der Waals surface area contributed by atoms with Crippen LogP contribution in [0.2, 0.25) is 0 Å². The quantitative estimate of drug-likeness (QED) is 0.642. The second-order valence-corrected chi connectivity index (χ2v) is 6.96. The summed E-state index contributed by atoms with van der Waals surface area (Å²) in [5.74, 6) is 0.897. The van der Waals surface area contributed by atoms with Crippen LogP contribution in [0, 0.1) is 3.57 Å². The van der Waals surface area contributed by atoms with Crippen LogP contribution >= 0.6 is 22.6 Å². The van der Waals surface area contributed by atoms with E-state index < -0.39 is 0 Å². The van der Waals surface area contributed by atoms with Gasteiger partial charge in [-0.2, -0.15) is 0 Å². The fraction of sp³-hybridized carbons (Fsp3) is 0.235. The van der Waals surface area contributed by atoms with Crippen molar-refractivity contribution in [1.82, 2.24) is 0 Å². The van der Waals surface area contributed by atoms with E-state index in [1.807, 2.05) is 24.3 Å². The molecule has 0 saturated carbocycles. The lowest BCUT2D eigenvalue weighted by Crippen LogP contribution is -2.45. The Morgan fingerprint density at radius 3 is 2.76 bits per heavy atom. The number of rotatable bonds is 0. The first-order valence-corrected chi connectivity index (χ1v) is 7.97. The summed E-state index contributed by atoms with van der Waals surface area (Å²) >= 11 is 2.28. The van der Waals surface area contributed by atoms with Gasteiger partial charge in [0.15, 0.2) is 6.23 Å². The number of fused-ring (bicyclic) bond motifs is 5. The summed E-state index contributed by atoms with van der Waals surface area (Å²) in [5, 5.41) is 0. The lowest BCUT2D eigenvalue weighted by Gasteiger charge is -2.27. The molecule has 0 radical (unpaired) electrons. The number of anilines is 1. The molecule has 4 heteroatoms. The van der Waals surface area contributed by atoms with Crippen molar-refractivity contribution in [3.63, 3.8) is 0 Å². The number of hydrogen-bond acceptors (Lipinski definition) is 2. The van der Waals surface area contributed by atoms with Crippen molar-refractivity contribution >= 4 is 34.2 Å². The number of carbonyl (C=O) groups excluding carboxylic acids is 1. The van der Waals surface area contributed by atoms with E-state index in [0.717, 1.165) is 26.1 Å². The van der Waals surface area contributed by atoms with E-state index in [1.54, 1.807) is 11.8 Å². The molecular formula is C17H14INO2. The number of nitrogens with zero attached hydrogens (tertiary/aromatic N) is 1. The Labute approximate surface area is 137 Å². The van der Waals surface area contributed by atoms with Crippen molar-refractivity contribution in [2.75, 3.05) is 4.90 Å². The first-order chi connectivity index (χ1) is 10.0. The second-order valence-electron chi connectivity index (χ2n) is 5.72. The minimum atomic E-state index is -0.304. The predicted octanol–water partition coefficient (Wildman–Crippen LogP) is 3.68.